The van der Waals surface area contributed by atoms with Crippen LogP contribution in [0.25, 0.3) is 0 Å². The predicted molar refractivity (Wildman–Crippen MR) is 45.7 cm³/mol. The fourth-order valence-electron chi connectivity index (χ4n) is 1.69. The van der Waals surface area contributed by atoms with Gasteiger partial charge in [-0.1, -0.05) is 0 Å². The van der Waals surface area contributed by atoms with Gasteiger partial charge < -0.3 is 10.1 Å². The van der Waals surface area contributed by atoms with Gasteiger partial charge in [-0.2, -0.15) is 0 Å². The minimum Gasteiger partial charge on any atom is -0.462 e. The van der Waals surface area contributed by atoms with Crippen molar-refractivity contribution >= 4 is 5.97 Å². The molecule has 12 heavy (non-hydrogen) atoms. The molecule has 0 aliphatic carbocycles. The van der Waals surface area contributed by atoms with Crippen LogP contribution < -0.4 is 5.32 Å². The van der Waals surface area contributed by atoms with Crippen LogP contribution >= 0.6 is 0 Å². The standard InChI is InChI=1S/C9H17NO2/c1-3-12-9(11)8-6-4-5-7(2)10-8/h7-8,10H,3-6H2,1-2H3/p+1/t7-,8-/m1/s1. The molecule has 3 heteroatoms. The topological polar surface area (TPSA) is 42.9 Å². The van der Waals surface area contributed by atoms with Crippen molar-refractivity contribution in [1.82, 2.24) is 0 Å². The molecule has 0 aromatic heterocycles. The monoisotopic (exact) mass is 172 g/mol. The highest BCUT2D eigenvalue weighted by molar-refractivity contribution is 5.74. The zero-order valence-corrected chi connectivity index (χ0v) is 7.88. The van der Waals surface area contributed by atoms with Gasteiger partial charge in [0.15, 0.2) is 6.04 Å². The molecule has 0 bridgehead atoms. The van der Waals surface area contributed by atoms with E-state index in [9.17, 15) is 4.79 Å². The molecule has 0 aromatic rings. The number of piperidine rings is 1. The number of ether oxygens (including phenoxy) is 1. The predicted octanol–water partition coefficient (Wildman–Crippen LogP) is 0.0539. The van der Waals surface area contributed by atoms with Crippen LogP contribution in [-0.2, 0) is 9.53 Å². The number of quaternary nitrogens is 1. The fraction of sp³-hybridized carbons (Fsp3) is 0.889. The summed E-state index contributed by atoms with van der Waals surface area (Å²) in [6, 6.07) is 0.641. The Morgan fingerprint density at radius 1 is 1.58 bits per heavy atom. The average Bonchev–Trinajstić information content (AvgIpc) is 2.05. The van der Waals surface area contributed by atoms with Gasteiger partial charge >= 0.3 is 5.97 Å². The quantitative estimate of drug-likeness (QED) is 0.598. The zero-order valence-electron chi connectivity index (χ0n) is 7.88. The van der Waals surface area contributed by atoms with E-state index in [1.54, 1.807) is 0 Å². The molecule has 0 spiro atoms. The molecule has 2 N–H and O–H groups in total. The molecule has 0 aromatic carbocycles. The minimum atomic E-state index is -0.0379. The lowest BCUT2D eigenvalue weighted by atomic mass is 10.00. The lowest BCUT2D eigenvalue weighted by molar-refractivity contribution is -0.716. The Kier molecular flexibility index (Phi) is 3.53. The summed E-state index contributed by atoms with van der Waals surface area (Å²) in [7, 11) is 0. The Labute approximate surface area is 73.5 Å². The molecular weight excluding hydrogens is 154 g/mol. The van der Waals surface area contributed by atoms with Gasteiger partial charge in [0, 0.05) is 6.42 Å². The summed E-state index contributed by atoms with van der Waals surface area (Å²) in [5, 5.41) is 2.13. The second kappa shape index (κ2) is 4.45. The van der Waals surface area contributed by atoms with Crippen molar-refractivity contribution in [2.75, 3.05) is 6.61 Å². The Morgan fingerprint density at radius 3 is 2.92 bits per heavy atom. The molecule has 0 saturated carbocycles. The van der Waals surface area contributed by atoms with E-state index in [1.165, 1.54) is 6.42 Å². The van der Waals surface area contributed by atoms with Crippen LogP contribution in [0.2, 0.25) is 0 Å². The van der Waals surface area contributed by atoms with E-state index < -0.39 is 0 Å². The number of carbonyl (C=O) groups is 1. The number of esters is 1. The smallest absolute Gasteiger partial charge is 0.364 e. The summed E-state index contributed by atoms with van der Waals surface area (Å²) in [6.45, 7) is 4.51. The number of hydrogen-bond donors (Lipinski definition) is 1. The van der Waals surface area contributed by atoms with Gasteiger partial charge in [-0.05, 0) is 26.7 Å². The largest absolute Gasteiger partial charge is 0.462 e. The highest BCUT2D eigenvalue weighted by Crippen LogP contribution is 2.06. The lowest BCUT2D eigenvalue weighted by Crippen LogP contribution is -2.97. The molecule has 0 unspecified atom stereocenters. The van der Waals surface area contributed by atoms with Crippen molar-refractivity contribution in [2.24, 2.45) is 0 Å². The zero-order chi connectivity index (χ0) is 8.97. The maximum absolute atomic E-state index is 11.3. The van der Waals surface area contributed by atoms with Gasteiger partial charge in [0.05, 0.1) is 12.6 Å². The van der Waals surface area contributed by atoms with Gasteiger partial charge in [0.2, 0.25) is 0 Å². The van der Waals surface area contributed by atoms with E-state index >= 15 is 0 Å². The van der Waals surface area contributed by atoms with Crippen molar-refractivity contribution in [3.63, 3.8) is 0 Å². The van der Waals surface area contributed by atoms with E-state index in [1.807, 2.05) is 6.92 Å². The van der Waals surface area contributed by atoms with E-state index in [0.29, 0.717) is 12.6 Å². The SMILES string of the molecule is CCOC(=O)[C@H]1CCC[C@@H](C)[NH2+]1. The second-order valence-electron chi connectivity index (χ2n) is 3.46. The fourth-order valence-corrected chi connectivity index (χ4v) is 1.69. The normalized spacial score (nSPS) is 29.8. The third-order valence-corrected chi connectivity index (χ3v) is 2.32. The first-order valence-electron chi connectivity index (χ1n) is 4.75. The van der Waals surface area contributed by atoms with Gasteiger partial charge in [-0.25, -0.2) is 4.79 Å². The Morgan fingerprint density at radius 2 is 2.33 bits per heavy atom. The first-order valence-corrected chi connectivity index (χ1v) is 4.75. The molecule has 1 aliphatic heterocycles. The molecule has 1 rings (SSSR count). The molecular formula is C9H18NO2+. The van der Waals surface area contributed by atoms with E-state index in [0.717, 1.165) is 12.8 Å². The minimum absolute atomic E-state index is 0.0379. The molecule has 70 valence electrons. The Bertz CT molecular complexity index is 159. The maximum Gasteiger partial charge on any atom is 0.364 e. The summed E-state index contributed by atoms with van der Waals surface area (Å²) in [5.41, 5.74) is 0. The molecule has 1 fully saturated rings. The van der Waals surface area contributed by atoms with Crippen LogP contribution in [0.3, 0.4) is 0 Å². The van der Waals surface area contributed by atoms with Crippen LogP contribution in [0.5, 0.6) is 0 Å². The molecule has 1 aliphatic rings. The lowest BCUT2D eigenvalue weighted by Gasteiger charge is -2.23. The van der Waals surface area contributed by atoms with E-state index in [2.05, 4.69) is 12.2 Å². The highest BCUT2D eigenvalue weighted by atomic mass is 16.5. The molecule has 0 amide bonds. The van der Waals surface area contributed by atoms with Crippen molar-refractivity contribution < 1.29 is 14.8 Å². The highest BCUT2D eigenvalue weighted by Gasteiger charge is 2.28. The number of rotatable bonds is 2. The Hall–Kier alpha value is -0.570. The van der Waals surface area contributed by atoms with Crippen molar-refractivity contribution in [2.45, 2.75) is 45.2 Å². The van der Waals surface area contributed by atoms with Gasteiger partial charge in [-0.15, -0.1) is 0 Å². The van der Waals surface area contributed by atoms with Crippen LogP contribution in [0, 0.1) is 0 Å². The third kappa shape index (κ3) is 2.48. The number of nitrogens with two attached hydrogens (primary N) is 1. The second-order valence-corrected chi connectivity index (χ2v) is 3.46. The van der Waals surface area contributed by atoms with E-state index in [-0.39, 0.29) is 12.0 Å². The summed E-state index contributed by atoms with van der Waals surface area (Å²) < 4.78 is 4.96. The molecule has 1 heterocycles. The van der Waals surface area contributed by atoms with Crippen LogP contribution in [0.1, 0.15) is 33.1 Å². The summed E-state index contributed by atoms with van der Waals surface area (Å²) in [4.78, 5) is 11.3. The number of hydrogen-bond acceptors (Lipinski definition) is 2. The molecule has 1 saturated heterocycles. The van der Waals surface area contributed by atoms with Crippen LogP contribution in [0.4, 0.5) is 0 Å². The average molecular weight is 172 g/mol. The molecule has 3 nitrogen and oxygen atoms in total. The van der Waals surface area contributed by atoms with Crippen molar-refractivity contribution in [3.8, 4) is 0 Å². The molecule has 2 atom stereocenters. The first-order chi connectivity index (χ1) is 5.74. The summed E-state index contributed by atoms with van der Waals surface area (Å²) in [6.07, 6.45) is 3.35. The van der Waals surface area contributed by atoms with Crippen molar-refractivity contribution in [3.05, 3.63) is 0 Å². The van der Waals surface area contributed by atoms with Crippen LogP contribution in [-0.4, -0.2) is 24.7 Å². The van der Waals surface area contributed by atoms with Gasteiger partial charge in [-0.3, -0.25) is 0 Å². The number of carbonyl (C=O) groups excluding carboxylic acids is 1. The van der Waals surface area contributed by atoms with Crippen LogP contribution in [0.15, 0.2) is 0 Å². The first kappa shape index (κ1) is 9.52. The maximum atomic E-state index is 11.3. The summed E-state index contributed by atoms with van der Waals surface area (Å²) in [5.74, 6) is -0.0379. The van der Waals surface area contributed by atoms with Crippen molar-refractivity contribution in [1.29, 1.82) is 0 Å². The molecule has 0 radical (unpaired) electrons. The third-order valence-electron chi connectivity index (χ3n) is 2.32. The van der Waals surface area contributed by atoms with Gasteiger partial charge in [0.25, 0.3) is 0 Å². The van der Waals surface area contributed by atoms with Gasteiger partial charge in [0.1, 0.15) is 0 Å². The summed E-state index contributed by atoms with van der Waals surface area (Å²) >= 11 is 0. The Balaban J connectivity index is 2.35. The van der Waals surface area contributed by atoms with E-state index in [4.69, 9.17) is 4.74 Å².